The first-order valence-electron chi connectivity index (χ1n) is 6.01. The first kappa shape index (κ1) is 15.6. The number of rotatable bonds is 6. The van der Waals surface area contributed by atoms with E-state index in [1.807, 2.05) is 4.57 Å². The zero-order valence-electron chi connectivity index (χ0n) is 11.3. The highest BCUT2D eigenvalue weighted by molar-refractivity contribution is 7.99. The molecule has 0 amide bonds. The van der Waals surface area contributed by atoms with Gasteiger partial charge in [0.15, 0.2) is 15.0 Å². The SMILES string of the molecule is CS(=O)(=O)c1ccc(Cn2ccnc2SCC(=O)O)cc1. The molecule has 0 atom stereocenters. The Kier molecular flexibility index (Phi) is 4.69. The summed E-state index contributed by atoms with van der Waals surface area (Å²) in [7, 11) is -3.20. The second-order valence-electron chi connectivity index (χ2n) is 4.44. The molecule has 0 aliphatic heterocycles. The van der Waals surface area contributed by atoms with E-state index in [0.717, 1.165) is 17.3 Å². The Hall–Kier alpha value is -1.80. The number of carbonyl (C=O) groups is 1. The molecule has 1 N–H and O–H groups in total. The monoisotopic (exact) mass is 326 g/mol. The molecular weight excluding hydrogens is 312 g/mol. The second-order valence-corrected chi connectivity index (χ2v) is 7.39. The van der Waals surface area contributed by atoms with Crippen molar-refractivity contribution in [3.8, 4) is 0 Å². The molecule has 1 aromatic heterocycles. The van der Waals surface area contributed by atoms with Crippen LogP contribution in [-0.2, 0) is 21.2 Å². The topological polar surface area (TPSA) is 89.3 Å². The second kappa shape index (κ2) is 6.31. The third-order valence-electron chi connectivity index (χ3n) is 2.71. The van der Waals surface area contributed by atoms with Crippen LogP contribution in [0.25, 0.3) is 0 Å². The lowest BCUT2D eigenvalue weighted by atomic mass is 10.2. The van der Waals surface area contributed by atoms with Crippen LogP contribution in [0.4, 0.5) is 0 Å². The standard InChI is InChI=1S/C13H14N2O4S2/c1-21(18,19)11-4-2-10(3-5-11)8-15-7-6-14-13(15)20-9-12(16)17/h2-7H,8-9H2,1H3,(H,16,17). The summed E-state index contributed by atoms with van der Waals surface area (Å²) in [5.41, 5.74) is 0.914. The van der Waals surface area contributed by atoms with Crippen LogP contribution in [0.15, 0.2) is 46.7 Å². The van der Waals surface area contributed by atoms with Crippen molar-refractivity contribution >= 4 is 27.6 Å². The number of thioether (sulfide) groups is 1. The average molecular weight is 326 g/mol. The van der Waals surface area contributed by atoms with E-state index in [0.29, 0.717) is 11.7 Å². The molecule has 0 radical (unpaired) electrons. The Bertz CT molecular complexity index is 736. The summed E-state index contributed by atoms with van der Waals surface area (Å²) in [6.07, 6.45) is 4.53. The van der Waals surface area contributed by atoms with Gasteiger partial charge in [0.05, 0.1) is 10.6 Å². The molecule has 2 aromatic rings. The number of benzene rings is 1. The third-order valence-corrected chi connectivity index (χ3v) is 4.82. The Labute approximate surface area is 126 Å². The van der Waals surface area contributed by atoms with Crippen molar-refractivity contribution in [1.29, 1.82) is 0 Å². The van der Waals surface area contributed by atoms with Gasteiger partial charge >= 0.3 is 5.97 Å². The number of hydrogen-bond acceptors (Lipinski definition) is 5. The zero-order valence-corrected chi connectivity index (χ0v) is 12.9. The van der Waals surface area contributed by atoms with E-state index in [9.17, 15) is 13.2 Å². The van der Waals surface area contributed by atoms with Gasteiger partial charge in [-0.25, -0.2) is 13.4 Å². The summed E-state index contributed by atoms with van der Waals surface area (Å²) < 4.78 is 24.6. The molecule has 0 spiro atoms. The molecular formula is C13H14N2O4S2. The van der Waals surface area contributed by atoms with Crippen molar-refractivity contribution < 1.29 is 18.3 Å². The van der Waals surface area contributed by atoms with Gasteiger partial charge in [-0.05, 0) is 17.7 Å². The molecule has 0 unspecified atom stereocenters. The maximum Gasteiger partial charge on any atom is 0.313 e. The van der Waals surface area contributed by atoms with Crippen molar-refractivity contribution in [2.75, 3.05) is 12.0 Å². The predicted molar refractivity (Wildman–Crippen MR) is 79.2 cm³/mol. The summed E-state index contributed by atoms with van der Waals surface area (Å²) in [5, 5.41) is 9.30. The summed E-state index contributed by atoms with van der Waals surface area (Å²) >= 11 is 1.14. The molecule has 0 saturated heterocycles. The number of sulfone groups is 1. The summed E-state index contributed by atoms with van der Waals surface area (Å²) in [6.45, 7) is 0.506. The fraction of sp³-hybridized carbons (Fsp3) is 0.231. The van der Waals surface area contributed by atoms with Crippen LogP contribution in [0, 0.1) is 0 Å². The summed E-state index contributed by atoms with van der Waals surface area (Å²) in [5.74, 6) is -0.948. The smallest absolute Gasteiger partial charge is 0.313 e. The Morgan fingerprint density at radius 3 is 2.57 bits per heavy atom. The van der Waals surface area contributed by atoms with Crippen LogP contribution in [0.3, 0.4) is 0 Å². The van der Waals surface area contributed by atoms with E-state index in [1.165, 1.54) is 6.26 Å². The normalized spacial score (nSPS) is 11.5. The molecule has 1 aromatic carbocycles. The fourth-order valence-corrected chi connectivity index (χ4v) is 3.03. The van der Waals surface area contributed by atoms with E-state index in [1.54, 1.807) is 36.7 Å². The molecule has 0 fully saturated rings. The number of hydrogen-bond donors (Lipinski definition) is 1. The predicted octanol–water partition coefficient (Wildman–Crippen LogP) is 1.51. The van der Waals surface area contributed by atoms with E-state index in [-0.39, 0.29) is 10.6 Å². The highest BCUT2D eigenvalue weighted by Gasteiger charge is 2.09. The van der Waals surface area contributed by atoms with Gasteiger partial charge in [0, 0.05) is 25.2 Å². The van der Waals surface area contributed by atoms with Crippen LogP contribution in [0.1, 0.15) is 5.56 Å². The minimum absolute atomic E-state index is 0.0516. The molecule has 21 heavy (non-hydrogen) atoms. The molecule has 112 valence electrons. The number of aliphatic carboxylic acids is 1. The van der Waals surface area contributed by atoms with Crippen molar-refractivity contribution in [1.82, 2.24) is 9.55 Å². The van der Waals surface area contributed by atoms with Gasteiger partial charge in [0.2, 0.25) is 0 Å². The molecule has 0 bridgehead atoms. The maximum absolute atomic E-state index is 11.4. The van der Waals surface area contributed by atoms with Gasteiger partial charge in [0.25, 0.3) is 0 Å². The Morgan fingerprint density at radius 1 is 1.33 bits per heavy atom. The first-order valence-corrected chi connectivity index (χ1v) is 8.88. The summed E-state index contributed by atoms with van der Waals surface area (Å²) in [4.78, 5) is 15.0. The Balaban J connectivity index is 2.12. The zero-order chi connectivity index (χ0) is 15.5. The van der Waals surface area contributed by atoms with Gasteiger partial charge in [-0.15, -0.1) is 0 Å². The van der Waals surface area contributed by atoms with E-state index >= 15 is 0 Å². The lowest BCUT2D eigenvalue weighted by molar-refractivity contribution is -0.133. The molecule has 0 aliphatic rings. The fourth-order valence-electron chi connectivity index (χ4n) is 1.72. The minimum atomic E-state index is -3.20. The average Bonchev–Trinajstić information content (AvgIpc) is 2.83. The molecule has 8 heteroatoms. The van der Waals surface area contributed by atoms with Crippen LogP contribution < -0.4 is 0 Å². The number of carboxylic acids is 1. The lowest BCUT2D eigenvalue weighted by Gasteiger charge is -2.07. The van der Waals surface area contributed by atoms with E-state index in [2.05, 4.69) is 4.98 Å². The quantitative estimate of drug-likeness (QED) is 0.810. The van der Waals surface area contributed by atoms with Crippen molar-refractivity contribution in [3.63, 3.8) is 0 Å². The van der Waals surface area contributed by atoms with Crippen molar-refractivity contribution in [2.45, 2.75) is 16.6 Å². The van der Waals surface area contributed by atoms with Gasteiger partial charge in [-0.2, -0.15) is 0 Å². The van der Waals surface area contributed by atoms with Gasteiger partial charge in [-0.3, -0.25) is 4.79 Å². The molecule has 0 aliphatic carbocycles. The number of aromatic nitrogens is 2. The molecule has 2 rings (SSSR count). The Morgan fingerprint density at radius 2 is 2.00 bits per heavy atom. The van der Waals surface area contributed by atoms with E-state index in [4.69, 9.17) is 5.11 Å². The van der Waals surface area contributed by atoms with Gasteiger partial charge < -0.3 is 9.67 Å². The number of nitrogens with zero attached hydrogens (tertiary/aromatic N) is 2. The van der Waals surface area contributed by atoms with E-state index < -0.39 is 15.8 Å². The summed E-state index contributed by atoms with van der Waals surface area (Å²) in [6, 6.07) is 6.60. The largest absolute Gasteiger partial charge is 0.481 e. The molecule has 6 nitrogen and oxygen atoms in total. The van der Waals surface area contributed by atoms with Crippen molar-refractivity contribution in [3.05, 3.63) is 42.2 Å². The van der Waals surface area contributed by atoms with Crippen LogP contribution in [0.5, 0.6) is 0 Å². The van der Waals surface area contributed by atoms with Crippen LogP contribution in [0.2, 0.25) is 0 Å². The maximum atomic E-state index is 11.4. The van der Waals surface area contributed by atoms with Gasteiger partial charge in [-0.1, -0.05) is 23.9 Å². The number of carboxylic acid groups (broad SMARTS) is 1. The third kappa shape index (κ3) is 4.33. The van der Waals surface area contributed by atoms with Crippen molar-refractivity contribution in [2.24, 2.45) is 0 Å². The molecule has 1 heterocycles. The highest BCUT2D eigenvalue weighted by atomic mass is 32.2. The first-order chi connectivity index (χ1) is 9.86. The van der Waals surface area contributed by atoms with Crippen LogP contribution in [-0.4, -0.2) is 41.1 Å². The highest BCUT2D eigenvalue weighted by Crippen LogP contribution is 2.18. The molecule has 0 saturated carbocycles. The van der Waals surface area contributed by atoms with Gasteiger partial charge in [0.1, 0.15) is 0 Å². The number of imidazole rings is 1. The van der Waals surface area contributed by atoms with Crippen LogP contribution >= 0.6 is 11.8 Å². The lowest BCUT2D eigenvalue weighted by Crippen LogP contribution is -2.04. The minimum Gasteiger partial charge on any atom is -0.481 e.